The number of nitrogens with two attached hydrogens (primary N) is 1. The molecule has 0 bridgehead atoms. The Hall–Kier alpha value is -3.44. The van der Waals surface area contributed by atoms with Crippen LogP contribution in [0.3, 0.4) is 0 Å². The molecular formula is C20H24FN7O3. The summed E-state index contributed by atoms with van der Waals surface area (Å²) in [6, 6.07) is 5.89. The quantitative estimate of drug-likeness (QED) is 0.467. The molecule has 164 valence electrons. The van der Waals surface area contributed by atoms with E-state index in [0.29, 0.717) is 31.0 Å². The van der Waals surface area contributed by atoms with Gasteiger partial charge in [0.25, 0.3) is 0 Å². The third-order valence-electron chi connectivity index (χ3n) is 5.40. The first kappa shape index (κ1) is 20.8. The van der Waals surface area contributed by atoms with E-state index in [9.17, 15) is 9.18 Å². The minimum absolute atomic E-state index is 0.132. The minimum Gasteiger partial charge on any atom is -0.494 e. The number of ether oxygens (including phenoxy) is 1. The van der Waals surface area contributed by atoms with E-state index in [4.69, 9.17) is 15.6 Å². The average molecular weight is 429 g/mol. The van der Waals surface area contributed by atoms with Crippen LogP contribution in [0.5, 0.6) is 5.75 Å². The lowest BCUT2D eigenvalue weighted by Crippen LogP contribution is -2.57. The number of nitrogens with zero attached hydrogens (tertiary/aromatic N) is 4. The Balaban J connectivity index is 1.58. The predicted molar refractivity (Wildman–Crippen MR) is 112 cm³/mol. The Morgan fingerprint density at radius 3 is 3.03 bits per heavy atom. The maximum absolute atomic E-state index is 13.7. The summed E-state index contributed by atoms with van der Waals surface area (Å²) in [4.78, 5) is 17.6. The second kappa shape index (κ2) is 8.74. The maximum Gasteiger partial charge on any atom is 0.404 e. The first-order chi connectivity index (χ1) is 14.9. The molecule has 10 nitrogen and oxygen atoms in total. The fourth-order valence-electron chi connectivity index (χ4n) is 3.85. The normalized spacial score (nSPS) is 19.3. The van der Waals surface area contributed by atoms with E-state index in [-0.39, 0.29) is 17.8 Å². The van der Waals surface area contributed by atoms with Crippen molar-refractivity contribution in [2.24, 2.45) is 5.73 Å². The molecule has 1 saturated heterocycles. The van der Waals surface area contributed by atoms with E-state index in [1.54, 1.807) is 16.6 Å². The van der Waals surface area contributed by atoms with E-state index in [1.807, 2.05) is 12.3 Å². The van der Waals surface area contributed by atoms with Crippen LogP contribution in [0.15, 0.2) is 36.8 Å². The smallest absolute Gasteiger partial charge is 0.404 e. The molecule has 1 aromatic carbocycles. The minimum atomic E-state index is -1.08. The van der Waals surface area contributed by atoms with Gasteiger partial charge in [0.15, 0.2) is 17.4 Å². The predicted octanol–water partition coefficient (Wildman–Crippen LogP) is 1.79. The number of rotatable bonds is 6. The molecule has 3 heterocycles. The van der Waals surface area contributed by atoms with Gasteiger partial charge < -0.3 is 26.2 Å². The van der Waals surface area contributed by atoms with E-state index in [0.717, 1.165) is 17.6 Å². The van der Waals surface area contributed by atoms with E-state index >= 15 is 0 Å². The number of methoxy groups -OCH3 is 1. The third kappa shape index (κ3) is 4.52. The average Bonchev–Trinajstić information content (AvgIpc) is 3.15. The number of halogens is 1. The number of anilines is 2. The highest BCUT2D eigenvalue weighted by molar-refractivity contribution is 5.76. The van der Waals surface area contributed by atoms with Gasteiger partial charge in [-0.3, -0.25) is 4.90 Å². The molecule has 0 unspecified atom stereocenters. The number of amides is 1. The van der Waals surface area contributed by atoms with Crippen molar-refractivity contribution < 1.29 is 19.0 Å². The topological polar surface area (TPSA) is 130 Å². The van der Waals surface area contributed by atoms with Crippen molar-refractivity contribution in [2.45, 2.75) is 25.0 Å². The van der Waals surface area contributed by atoms with Crippen LogP contribution in [-0.2, 0) is 6.54 Å². The van der Waals surface area contributed by atoms with Crippen molar-refractivity contribution in [1.82, 2.24) is 24.8 Å². The lowest BCUT2D eigenvalue weighted by Gasteiger charge is -2.36. The number of hydrogen-bond acceptors (Lipinski definition) is 7. The Morgan fingerprint density at radius 2 is 2.26 bits per heavy atom. The molecule has 0 radical (unpaired) electrons. The van der Waals surface area contributed by atoms with E-state index in [1.165, 1.54) is 19.5 Å². The van der Waals surface area contributed by atoms with Gasteiger partial charge in [-0.2, -0.15) is 5.10 Å². The van der Waals surface area contributed by atoms with E-state index in [2.05, 4.69) is 25.6 Å². The summed E-state index contributed by atoms with van der Waals surface area (Å²) in [6.07, 6.45) is 2.89. The van der Waals surface area contributed by atoms with Gasteiger partial charge in [0, 0.05) is 43.6 Å². The highest BCUT2D eigenvalue weighted by Crippen LogP contribution is 2.27. The molecule has 0 aliphatic carbocycles. The molecule has 4 rings (SSSR count). The first-order valence-electron chi connectivity index (χ1n) is 9.84. The standard InChI is InChI=1S/C20H24FN7O3/c1-31-17-8-13(2-3-14(17)21)25-19-18-12(4-7-28(18)24-11-23-19)9-27-6-5-15(22)16(10-27)26-20(29)30/h2-4,7-8,11,15-16,26H,5-6,9-10,22H2,1H3,(H,29,30)(H,23,24,25)/t15-,16+/m1/s1. The molecule has 2 atom stereocenters. The van der Waals surface area contributed by atoms with E-state index < -0.39 is 11.9 Å². The molecule has 5 N–H and O–H groups in total. The zero-order valence-corrected chi connectivity index (χ0v) is 17.0. The summed E-state index contributed by atoms with van der Waals surface area (Å²) in [5, 5.41) is 19.0. The summed E-state index contributed by atoms with van der Waals surface area (Å²) >= 11 is 0. The molecule has 0 saturated carbocycles. The fourth-order valence-corrected chi connectivity index (χ4v) is 3.85. The number of likely N-dealkylation sites (tertiary alicyclic amines) is 1. The SMILES string of the molecule is COc1cc(Nc2ncnn3ccc(CN4CC[C@@H](N)[C@@H](NC(=O)O)C4)c23)ccc1F. The van der Waals surface area contributed by atoms with Crippen LogP contribution in [0.1, 0.15) is 12.0 Å². The third-order valence-corrected chi connectivity index (χ3v) is 5.40. The van der Waals surface area contributed by atoms with Gasteiger partial charge in [-0.15, -0.1) is 0 Å². The number of fused-ring (bicyclic) bond motifs is 1. The summed E-state index contributed by atoms with van der Waals surface area (Å²) in [5.74, 6) is 0.252. The summed E-state index contributed by atoms with van der Waals surface area (Å²) in [7, 11) is 1.41. The van der Waals surface area contributed by atoms with Gasteiger partial charge in [0.1, 0.15) is 11.8 Å². The number of benzene rings is 1. The van der Waals surface area contributed by atoms with Crippen LogP contribution in [0.2, 0.25) is 0 Å². The maximum atomic E-state index is 13.7. The van der Waals surface area contributed by atoms with Gasteiger partial charge in [0.05, 0.1) is 13.2 Å². The molecule has 11 heteroatoms. The highest BCUT2D eigenvalue weighted by atomic mass is 19.1. The van der Waals surface area contributed by atoms with Crippen LogP contribution in [0.4, 0.5) is 20.7 Å². The zero-order valence-electron chi connectivity index (χ0n) is 17.0. The van der Waals surface area contributed by atoms with Crippen LogP contribution in [0, 0.1) is 5.82 Å². The van der Waals surface area contributed by atoms with Gasteiger partial charge in [-0.1, -0.05) is 0 Å². The van der Waals surface area contributed by atoms with Crippen molar-refractivity contribution in [3.63, 3.8) is 0 Å². The van der Waals surface area contributed by atoms with Crippen molar-refractivity contribution in [3.8, 4) is 5.75 Å². The molecule has 1 fully saturated rings. The van der Waals surface area contributed by atoms with Gasteiger partial charge in [-0.05, 0) is 30.2 Å². The number of carboxylic acid groups (broad SMARTS) is 1. The second-order valence-electron chi connectivity index (χ2n) is 7.46. The largest absolute Gasteiger partial charge is 0.494 e. The Labute approximate surface area is 177 Å². The first-order valence-corrected chi connectivity index (χ1v) is 9.84. The fraction of sp³-hybridized carbons (Fsp3) is 0.350. The summed E-state index contributed by atoms with van der Waals surface area (Å²) in [5.41, 5.74) is 8.45. The number of carbonyl (C=O) groups is 1. The molecular weight excluding hydrogens is 405 g/mol. The Bertz CT molecular complexity index is 1090. The molecule has 3 aromatic rings. The van der Waals surface area contributed by atoms with Crippen molar-refractivity contribution in [3.05, 3.63) is 48.2 Å². The van der Waals surface area contributed by atoms with Crippen molar-refractivity contribution in [2.75, 3.05) is 25.5 Å². The molecule has 2 aromatic heterocycles. The number of aromatic nitrogens is 3. The lowest BCUT2D eigenvalue weighted by atomic mass is 10.00. The number of hydrogen-bond donors (Lipinski definition) is 4. The molecule has 1 aliphatic rings. The van der Waals surface area contributed by atoms with Gasteiger partial charge in [-0.25, -0.2) is 18.7 Å². The van der Waals surface area contributed by atoms with Crippen LogP contribution in [-0.4, -0.2) is 63.0 Å². The van der Waals surface area contributed by atoms with Gasteiger partial charge >= 0.3 is 6.09 Å². The summed E-state index contributed by atoms with van der Waals surface area (Å²) < 4.78 is 20.5. The molecule has 31 heavy (non-hydrogen) atoms. The monoisotopic (exact) mass is 429 g/mol. The summed E-state index contributed by atoms with van der Waals surface area (Å²) in [6.45, 7) is 1.84. The molecule has 1 aliphatic heterocycles. The second-order valence-corrected chi connectivity index (χ2v) is 7.46. The van der Waals surface area contributed by atoms with Crippen LogP contribution in [0.25, 0.3) is 5.52 Å². The lowest BCUT2D eigenvalue weighted by molar-refractivity contribution is 0.149. The van der Waals surface area contributed by atoms with Gasteiger partial charge in [0.2, 0.25) is 0 Å². The van der Waals surface area contributed by atoms with Crippen molar-refractivity contribution >= 4 is 23.1 Å². The zero-order chi connectivity index (χ0) is 22.0. The molecule has 1 amide bonds. The van der Waals surface area contributed by atoms with Crippen molar-refractivity contribution in [1.29, 1.82) is 0 Å². The highest BCUT2D eigenvalue weighted by Gasteiger charge is 2.28. The van der Waals surface area contributed by atoms with Crippen LogP contribution < -0.4 is 21.1 Å². The van der Waals surface area contributed by atoms with Crippen LogP contribution >= 0.6 is 0 Å². The number of nitrogens with one attached hydrogen (secondary N) is 2. The Morgan fingerprint density at radius 1 is 1.42 bits per heavy atom. The Kier molecular flexibility index (Phi) is 5.87. The number of piperidine rings is 1. The molecule has 0 spiro atoms.